The molecule has 1 amide bonds. The Balaban J connectivity index is 2.35. The van der Waals surface area contributed by atoms with Gasteiger partial charge in [0.05, 0.1) is 11.6 Å². The highest BCUT2D eigenvalue weighted by molar-refractivity contribution is 7.89. The van der Waals surface area contributed by atoms with Gasteiger partial charge >= 0.3 is 0 Å². The van der Waals surface area contributed by atoms with Gasteiger partial charge in [0.2, 0.25) is 15.9 Å². The van der Waals surface area contributed by atoms with Gasteiger partial charge in [-0.3, -0.25) is 4.79 Å². The number of fused-ring (bicyclic) bond motifs is 1. The molecule has 0 bridgehead atoms. The summed E-state index contributed by atoms with van der Waals surface area (Å²) in [5.74, 6) is 0.392. The van der Waals surface area contributed by atoms with Crippen molar-refractivity contribution >= 4 is 27.5 Å². The Kier molecular flexibility index (Phi) is 4.84. The Morgan fingerprint density at radius 3 is 2.27 bits per heavy atom. The van der Waals surface area contributed by atoms with Crippen LogP contribution in [0, 0.1) is 0 Å². The molecule has 1 aliphatic rings. The largest absolute Gasteiger partial charge is 0.486 e. The van der Waals surface area contributed by atoms with Gasteiger partial charge in [-0.25, -0.2) is 8.42 Å². The summed E-state index contributed by atoms with van der Waals surface area (Å²) in [6.07, 6.45) is 0. The lowest BCUT2D eigenvalue weighted by molar-refractivity contribution is -0.128. The lowest BCUT2D eigenvalue weighted by Gasteiger charge is -2.22. The van der Waals surface area contributed by atoms with Gasteiger partial charge in [-0.05, 0) is 0 Å². The van der Waals surface area contributed by atoms with Crippen LogP contribution in [-0.4, -0.2) is 64.4 Å². The summed E-state index contributed by atoms with van der Waals surface area (Å²) in [5, 5.41) is 0.0217. The van der Waals surface area contributed by atoms with E-state index in [2.05, 4.69) is 0 Å². The zero-order valence-corrected chi connectivity index (χ0v) is 14.1. The lowest BCUT2D eigenvalue weighted by atomic mass is 10.3. The predicted octanol–water partition coefficient (Wildman–Crippen LogP) is 0.820. The number of carbonyl (C=O) groups excluding carboxylic acids is 1. The summed E-state index contributed by atoms with van der Waals surface area (Å²) in [6, 6.07) is 2.73. The zero-order chi connectivity index (χ0) is 16.5. The van der Waals surface area contributed by atoms with E-state index in [0.717, 1.165) is 4.31 Å². The number of rotatable bonds is 4. The molecule has 2 rings (SSSR count). The second-order valence-corrected chi connectivity index (χ2v) is 7.40. The topological polar surface area (TPSA) is 76.2 Å². The highest BCUT2D eigenvalue weighted by Crippen LogP contribution is 2.38. The Hall–Kier alpha value is -1.51. The fraction of sp³-hybridized carbons (Fsp3) is 0.462. The van der Waals surface area contributed by atoms with Crippen molar-refractivity contribution in [3.05, 3.63) is 17.2 Å². The number of nitrogens with zero attached hydrogens (tertiary/aromatic N) is 2. The molecular formula is C13H17ClN2O5S. The van der Waals surface area contributed by atoms with Gasteiger partial charge in [0.1, 0.15) is 18.1 Å². The number of hydrogen-bond acceptors (Lipinski definition) is 5. The van der Waals surface area contributed by atoms with E-state index in [0.29, 0.717) is 24.7 Å². The van der Waals surface area contributed by atoms with Gasteiger partial charge in [-0.1, -0.05) is 11.6 Å². The maximum atomic E-state index is 12.6. The van der Waals surface area contributed by atoms with E-state index in [4.69, 9.17) is 21.1 Å². The minimum absolute atomic E-state index is 0.0217. The van der Waals surface area contributed by atoms with E-state index in [1.165, 1.54) is 24.1 Å². The van der Waals surface area contributed by atoms with E-state index in [-0.39, 0.29) is 22.4 Å². The molecule has 0 aliphatic carbocycles. The molecule has 1 aromatic rings. The average molecular weight is 349 g/mol. The summed E-state index contributed by atoms with van der Waals surface area (Å²) >= 11 is 6.05. The first-order valence-electron chi connectivity index (χ1n) is 6.49. The number of sulfonamides is 1. The van der Waals surface area contributed by atoms with Crippen molar-refractivity contribution in [3.63, 3.8) is 0 Å². The van der Waals surface area contributed by atoms with Crippen molar-refractivity contribution in [2.75, 3.05) is 40.9 Å². The van der Waals surface area contributed by atoms with Crippen LogP contribution in [0.15, 0.2) is 17.0 Å². The monoisotopic (exact) mass is 348 g/mol. The van der Waals surface area contributed by atoms with Gasteiger partial charge in [0, 0.05) is 33.3 Å². The maximum Gasteiger partial charge on any atom is 0.244 e. The van der Waals surface area contributed by atoms with Crippen LogP contribution < -0.4 is 9.47 Å². The molecule has 0 saturated carbocycles. The molecule has 0 N–H and O–H groups in total. The lowest BCUT2D eigenvalue weighted by Crippen LogP contribution is -2.37. The molecule has 1 aliphatic heterocycles. The second kappa shape index (κ2) is 6.31. The summed E-state index contributed by atoms with van der Waals surface area (Å²) in [6.45, 7) is 0.440. The third-order valence-corrected chi connectivity index (χ3v) is 5.41. The first-order valence-corrected chi connectivity index (χ1v) is 8.31. The van der Waals surface area contributed by atoms with Crippen LogP contribution in [-0.2, 0) is 14.8 Å². The molecule has 1 heterocycles. The number of ether oxygens (including phenoxy) is 2. The van der Waals surface area contributed by atoms with Crippen LogP contribution in [0.2, 0.25) is 5.02 Å². The summed E-state index contributed by atoms with van der Waals surface area (Å²) < 4.78 is 36.8. The molecular weight excluding hydrogens is 332 g/mol. The molecule has 0 fully saturated rings. The normalized spacial score (nSPS) is 14.0. The van der Waals surface area contributed by atoms with Crippen molar-refractivity contribution in [2.24, 2.45) is 0 Å². The van der Waals surface area contributed by atoms with E-state index < -0.39 is 10.0 Å². The molecule has 1 aromatic carbocycles. The molecule has 0 unspecified atom stereocenters. The first kappa shape index (κ1) is 16.9. The zero-order valence-electron chi connectivity index (χ0n) is 12.5. The summed E-state index contributed by atoms with van der Waals surface area (Å²) in [7, 11) is 0.521. The highest BCUT2D eigenvalue weighted by Gasteiger charge is 2.28. The van der Waals surface area contributed by atoms with Gasteiger partial charge in [-0.15, -0.1) is 0 Å². The van der Waals surface area contributed by atoms with Crippen LogP contribution in [0.1, 0.15) is 0 Å². The van der Waals surface area contributed by atoms with Gasteiger partial charge < -0.3 is 14.4 Å². The smallest absolute Gasteiger partial charge is 0.244 e. The average Bonchev–Trinajstić information content (AvgIpc) is 2.45. The first-order chi connectivity index (χ1) is 10.2. The Bertz CT molecular complexity index is 690. The van der Waals surface area contributed by atoms with Crippen LogP contribution in [0.4, 0.5) is 0 Å². The van der Waals surface area contributed by atoms with E-state index in [1.54, 1.807) is 14.1 Å². The molecule has 0 radical (unpaired) electrons. The van der Waals surface area contributed by atoms with Crippen molar-refractivity contribution in [2.45, 2.75) is 4.90 Å². The van der Waals surface area contributed by atoms with Gasteiger partial charge in [0.25, 0.3) is 0 Å². The van der Waals surface area contributed by atoms with Crippen molar-refractivity contribution in [3.8, 4) is 11.5 Å². The van der Waals surface area contributed by atoms with E-state index in [9.17, 15) is 13.2 Å². The molecule has 0 atom stereocenters. The van der Waals surface area contributed by atoms with Crippen molar-refractivity contribution < 1.29 is 22.7 Å². The quantitative estimate of drug-likeness (QED) is 0.805. The SMILES string of the molecule is CN(C)C(=O)CN(C)S(=O)(=O)c1cc2c(cc1Cl)OCCO2. The number of amides is 1. The Labute approximate surface area is 134 Å². The second-order valence-electron chi connectivity index (χ2n) is 4.98. The number of carbonyl (C=O) groups is 1. The van der Waals surface area contributed by atoms with Crippen LogP contribution in [0.25, 0.3) is 0 Å². The fourth-order valence-corrected chi connectivity index (χ4v) is 3.45. The minimum Gasteiger partial charge on any atom is -0.486 e. The third-order valence-electron chi connectivity index (χ3n) is 3.14. The molecule has 7 nitrogen and oxygen atoms in total. The van der Waals surface area contributed by atoms with Crippen LogP contribution in [0.5, 0.6) is 11.5 Å². The Morgan fingerprint density at radius 2 is 1.73 bits per heavy atom. The molecule has 0 saturated heterocycles. The standard InChI is InChI=1S/C13H17ClN2O5S/c1-15(2)13(17)8-16(3)22(18,19)12-7-11-10(6-9(12)14)20-4-5-21-11/h6-7H,4-5,8H2,1-3H3. The maximum absolute atomic E-state index is 12.6. The fourth-order valence-electron chi connectivity index (χ4n) is 1.83. The Morgan fingerprint density at radius 1 is 1.18 bits per heavy atom. The number of likely N-dealkylation sites (N-methyl/N-ethyl adjacent to an activating group) is 2. The predicted molar refractivity (Wildman–Crippen MR) is 81.0 cm³/mol. The number of halogens is 1. The summed E-state index contributed by atoms with van der Waals surface area (Å²) in [5.41, 5.74) is 0. The minimum atomic E-state index is -3.91. The van der Waals surface area contributed by atoms with E-state index in [1.807, 2.05) is 0 Å². The molecule has 22 heavy (non-hydrogen) atoms. The molecule has 0 aromatic heterocycles. The summed E-state index contributed by atoms with van der Waals surface area (Å²) in [4.78, 5) is 12.9. The number of hydrogen-bond donors (Lipinski definition) is 0. The molecule has 122 valence electrons. The van der Waals surface area contributed by atoms with Gasteiger partial charge in [-0.2, -0.15) is 4.31 Å². The molecule has 9 heteroatoms. The third kappa shape index (κ3) is 3.29. The van der Waals surface area contributed by atoms with Crippen LogP contribution >= 0.6 is 11.6 Å². The number of benzene rings is 1. The van der Waals surface area contributed by atoms with Crippen molar-refractivity contribution in [1.29, 1.82) is 0 Å². The van der Waals surface area contributed by atoms with Gasteiger partial charge in [0.15, 0.2) is 11.5 Å². The molecule has 0 spiro atoms. The van der Waals surface area contributed by atoms with E-state index >= 15 is 0 Å². The van der Waals surface area contributed by atoms with Crippen LogP contribution in [0.3, 0.4) is 0 Å². The van der Waals surface area contributed by atoms with Crippen molar-refractivity contribution in [1.82, 2.24) is 9.21 Å². The highest BCUT2D eigenvalue weighted by atomic mass is 35.5.